The van der Waals surface area contributed by atoms with Crippen molar-refractivity contribution >= 4 is 23.4 Å². The molecule has 0 radical (unpaired) electrons. The summed E-state index contributed by atoms with van der Waals surface area (Å²) in [5.41, 5.74) is 1.21. The smallest absolute Gasteiger partial charge is 0.258 e. The van der Waals surface area contributed by atoms with Crippen molar-refractivity contribution in [1.29, 1.82) is 0 Å². The Hall–Kier alpha value is -2.66. The molecule has 0 spiro atoms. The van der Waals surface area contributed by atoms with Crippen LogP contribution in [0.2, 0.25) is 0 Å². The number of nitrogens with one attached hydrogen (secondary N) is 1. The number of aromatic nitrogens is 2. The molecule has 23 heavy (non-hydrogen) atoms. The Morgan fingerprint density at radius 2 is 1.61 bits per heavy atom. The van der Waals surface area contributed by atoms with Crippen LogP contribution in [0.4, 0.5) is 5.69 Å². The lowest BCUT2D eigenvalue weighted by atomic mass is 10.2. The summed E-state index contributed by atoms with van der Waals surface area (Å²) in [4.78, 5) is 22.5. The molecule has 2 aromatic carbocycles. The van der Waals surface area contributed by atoms with E-state index in [4.69, 9.17) is 0 Å². The Balaban J connectivity index is 1.80. The van der Waals surface area contributed by atoms with Gasteiger partial charge in [-0.1, -0.05) is 42.1 Å². The van der Waals surface area contributed by atoms with Gasteiger partial charge in [0.05, 0.1) is 11.3 Å². The highest BCUT2D eigenvalue weighted by molar-refractivity contribution is 7.99. The summed E-state index contributed by atoms with van der Waals surface area (Å²) in [7, 11) is 0. The predicted molar refractivity (Wildman–Crippen MR) is 91.7 cm³/mol. The number of anilines is 1. The van der Waals surface area contributed by atoms with Crippen LogP contribution in [0.25, 0.3) is 0 Å². The Morgan fingerprint density at radius 3 is 2.35 bits per heavy atom. The highest BCUT2D eigenvalue weighted by atomic mass is 32.2. The first kappa shape index (κ1) is 15.2. The number of nitrogens with zero attached hydrogens (tertiary/aromatic N) is 2. The molecule has 4 nitrogen and oxygen atoms in total. The van der Waals surface area contributed by atoms with Crippen molar-refractivity contribution in [2.45, 2.75) is 16.7 Å². The van der Waals surface area contributed by atoms with E-state index < -0.39 is 0 Å². The number of rotatable bonds is 4. The van der Waals surface area contributed by atoms with E-state index in [2.05, 4.69) is 15.3 Å². The maximum absolute atomic E-state index is 12.3. The molecule has 0 saturated heterocycles. The van der Waals surface area contributed by atoms with Gasteiger partial charge in [0.25, 0.3) is 5.91 Å². The van der Waals surface area contributed by atoms with Gasteiger partial charge in [0.15, 0.2) is 0 Å². The molecule has 3 aromatic rings. The molecule has 5 heteroatoms. The minimum atomic E-state index is -0.217. The summed E-state index contributed by atoms with van der Waals surface area (Å²) in [6.45, 7) is 1.79. The molecule has 1 heterocycles. The normalized spacial score (nSPS) is 10.3. The third-order valence-electron chi connectivity index (χ3n) is 3.15. The minimum absolute atomic E-state index is 0.217. The van der Waals surface area contributed by atoms with Crippen molar-refractivity contribution in [1.82, 2.24) is 9.97 Å². The molecule has 1 amide bonds. The largest absolute Gasteiger partial charge is 0.321 e. The number of aryl methyl sites for hydroxylation is 1. The van der Waals surface area contributed by atoms with Crippen LogP contribution in [0.3, 0.4) is 0 Å². The molecule has 0 aliphatic rings. The summed E-state index contributed by atoms with van der Waals surface area (Å²) >= 11 is 1.61. The van der Waals surface area contributed by atoms with E-state index in [0.29, 0.717) is 11.4 Å². The standard InChI is InChI=1S/C18H15N3OS/c1-13-19-11-14(12-20-13)18(22)21-16-9-5-6-10-17(16)23-15-7-3-2-4-8-15/h2-12H,1H3,(H,21,22). The van der Waals surface area contributed by atoms with Crippen LogP contribution in [-0.2, 0) is 0 Å². The fourth-order valence-corrected chi connectivity index (χ4v) is 2.90. The quantitative estimate of drug-likeness (QED) is 0.783. The lowest BCUT2D eigenvalue weighted by molar-refractivity contribution is 0.102. The van der Waals surface area contributed by atoms with Crippen molar-refractivity contribution in [3.05, 3.63) is 78.4 Å². The molecule has 1 aromatic heterocycles. The second kappa shape index (κ2) is 7.07. The van der Waals surface area contributed by atoms with Gasteiger partial charge in [0, 0.05) is 22.2 Å². The number of carbonyl (C=O) groups is 1. The van der Waals surface area contributed by atoms with Crippen LogP contribution in [0.1, 0.15) is 16.2 Å². The third kappa shape index (κ3) is 3.96. The van der Waals surface area contributed by atoms with Gasteiger partial charge in [-0.2, -0.15) is 0 Å². The van der Waals surface area contributed by atoms with E-state index in [1.165, 1.54) is 12.4 Å². The van der Waals surface area contributed by atoms with Crippen molar-refractivity contribution in [2.75, 3.05) is 5.32 Å². The molecule has 3 rings (SSSR count). The van der Waals surface area contributed by atoms with Crippen LogP contribution in [0, 0.1) is 6.92 Å². The van der Waals surface area contributed by atoms with Crippen molar-refractivity contribution in [3.63, 3.8) is 0 Å². The first-order valence-corrected chi connectivity index (χ1v) is 7.96. The number of benzene rings is 2. The molecule has 0 bridgehead atoms. The first-order valence-electron chi connectivity index (χ1n) is 7.14. The third-order valence-corrected chi connectivity index (χ3v) is 4.23. The molecule has 114 valence electrons. The van der Waals surface area contributed by atoms with Gasteiger partial charge < -0.3 is 5.32 Å². The number of carbonyl (C=O) groups excluding carboxylic acids is 1. The van der Waals surface area contributed by atoms with Gasteiger partial charge in [0.1, 0.15) is 5.82 Å². The molecule has 0 saturated carbocycles. The second-order valence-electron chi connectivity index (χ2n) is 4.88. The molecule has 0 atom stereocenters. The summed E-state index contributed by atoms with van der Waals surface area (Å²) in [6, 6.07) is 17.8. The Bertz CT molecular complexity index is 804. The monoisotopic (exact) mass is 321 g/mol. The Morgan fingerprint density at radius 1 is 0.957 bits per heavy atom. The molecular weight excluding hydrogens is 306 g/mol. The van der Waals surface area contributed by atoms with Gasteiger partial charge in [-0.25, -0.2) is 9.97 Å². The first-order chi connectivity index (χ1) is 11.2. The Kier molecular flexibility index (Phi) is 4.68. The van der Waals surface area contributed by atoms with Crippen molar-refractivity contribution < 1.29 is 4.79 Å². The van der Waals surface area contributed by atoms with E-state index >= 15 is 0 Å². The maximum Gasteiger partial charge on any atom is 0.258 e. The van der Waals surface area contributed by atoms with Gasteiger partial charge in [-0.15, -0.1) is 0 Å². The van der Waals surface area contributed by atoms with Crippen LogP contribution >= 0.6 is 11.8 Å². The number of hydrogen-bond acceptors (Lipinski definition) is 4. The predicted octanol–water partition coefficient (Wildman–Crippen LogP) is 4.19. The zero-order chi connectivity index (χ0) is 16.1. The summed E-state index contributed by atoms with van der Waals surface area (Å²) in [5.74, 6) is 0.424. The number of hydrogen-bond donors (Lipinski definition) is 1. The van der Waals surface area contributed by atoms with Gasteiger partial charge in [-0.05, 0) is 31.2 Å². The molecule has 1 N–H and O–H groups in total. The minimum Gasteiger partial charge on any atom is -0.321 e. The van der Waals surface area contributed by atoms with Crippen LogP contribution in [0.15, 0.2) is 76.8 Å². The van der Waals surface area contributed by atoms with Crippen molar-refractivity contribution in [3.8, 4) is 0 Å². The van der Waals surface area contributed by atoms with E-state index in [1.807, 2.05) is 54.6 Å². The molecular formula is C18H15N3OS. The SMILES string of the molecule is Cc1ncc(C(=O)Nc2ccccc2Sc2ccccc2)cn1. The topological polar surface area (TPSA) is 54.9 Å². The van der Waals surface area contributed by atoms with Crippen LogP contribution < -0.4 is 5.32 Å². The summed E-state index contributed by atoms with van der Waals surface area (Å²) in [6.07, 6.45) is 3.06. The fraction of sp³-hybridized carbons (Fsp3) is 0.0556. The van der Waals surface area contributed by atoms with Gasteiger partial charge >= 0.3 is 0 Å². The average molecular weight is 321 g/mol. The van der Waals surface area contributed by atoms with Crippen LogP contribution in [-0.4, -0.2) is 15.9 Å². The van der Waals surface area contributed by atoms with E-state index in [1.54, 1.807) is 18.7 Å². The maximum atomic E-state index is 12.3. The second-order valence-corrected chi connectivity index (χ2v) is 6.00. The molecule has 0 fully saturated rings. The molecule has 0 aliphatic heterocycles. The van der Waals surface area contributed by atoms with Crippen LogP contribution in [0.5, 0.6) is 0 Å². The lowest BCUT2D eigenvalue weighted by Crippen LogP contribution is -2.13. The average Bonchev–Trinajstić information content (AvgIpc) is 2.58. The number of para-hydroxylation sites is 1. The van der Waals surface area contributed by atoms with E-state index in [0.717, 1.165) is 15.5 Å². The zero-order valence-corrected chi connectivity index (χ0v) is 13.4. The van der Waals surface area contributed by atoms with Crippen molar-refractivity contribution in [2.24, 2.45) is 0 Å². The highest BCUT2D eigenvalue weighted by Gasteiger charge is 2.10. The van der Waals surface area contributed by atoms with E-state index in [-0.39, 0.29) is 5.91 Å². The van der Waals surface area contributed by atoms with Gasteiger partial charge in [-0.3, -0.25) is 4.79 Å². The highest BCUT2D eigenvalue weighted by Crippen LogP contribution is 2.33. The molecule has 0 unspecified atom stereocenters. The molecule has 0 aliphatic carbocycles. The lowest BCUT2D eigenvalue weighted by Gasteiger charge is -2.10. The fourth-order valence-electron chi connectivity index (χ4n) is 1.98. The number of amides is 1. The summed E-state index contributed by atoms with van der Waals surface area (Å²) < 4.78 is 0. The van der Waals surface area contributed by atoms with Gasteiger partial charge in [0.2, 0.25) is 0 Å². The zero-order valence-electron chi connectivity index (χ0n) is 12.6. The van der Waals surface area contributed by atoms with E-state index in [9.17, 15) is 4.79 Å². The Labute approximate surface area is 139 Å². The summed E-state index contributed by atoms with van der Waals surface area (Å²) in [5, 5.41) is 2.93.